The summed E-state index contributed by atoms with van der Waals surface area (Å²) >= 11 is 1.36. The van der Waals surface area contributed by atoms with Gasteiger partial charge in [-0.25, -0.2) is 0 Å². The van der Waals surface area contributed by atoms with Crippen LogP contribution in [0.4, 0.5) is 0 Å². The monoisotopic (exact) mass is 462 g/mol. The number of rotatable bonds is 8. The van der Waals surface area contributed by atoms with Gasteiger partial charge in [0.05, 0.1) is 5.57 Å². The van der Waals surface area contributed by atoms with Crippen molar-refractivity contribution in [3.05, 3.63) is 65.2 Å². The smallest absolute Gasteiger partial charge is 0.283 e. The minimum absolute atomic E-state index is 0.0462. The molecule has 7 nitrogen and oxygen atoms in total. The van der Waals surface area contributed by atoms with E-state index in [2.05, 4.69) is 23.9 Å². The van der Waals surface area contributed by atoms with Gasteiger partial charge in [-0.15, -0.1) is 0 Å². The SMILES string of the molecule is Cc1ccccc1OCCOc1ccc(C=C2C(=N)N3N=C(CC(C)C)SC3=NC2=O)cc1. The predicted octanol–water partition coefficient (Wildman–Crippen LogP) is 5.12. The highest BCUT2D eigenvalue weighted by atomic mass is 32.2. The van der Waals surface area contributed by atoms with Crippen LogP contribution in [0.2, 0.25) is 0 Å². The van der Waals surface area contributed by atoms with Crippen molar-refractivity contribution in [1.82, 2.24) is 5.01 Å². The Bertz CT molecular complexity index is 1150. The maximum atomic E-state index is 12.5. The maximum Gasteiger partial charge on any atom is 0.283 e. The van der Waals surface area contributed by atoms with Crippen LogP contribution in [0.25, 0.3) is 6.08 Å². The zero-order valence-corrected chi connectivity index (χ0v) is 19.7. The molecule has 1 amide bonds. The Hall–Kier alpha value is -3.39. The van der Waals surface area contributed by atoms with Gasteiger partial charge in [-0.1, -0.05) is 44.2 Å². The van der Waals surface area contributed by atoms with E-state index in [0.717, 1.165) is 28.3 Å². The molecule has 4 rings (SSSR count). The summed E-state index contributed by atoms with van der Waals surface area (Å²) in [5.41, 5.74) is 2.08. The number of amides is 1. The van der Waals surface area contributed by atoms with E-state index in [-0.39, 0.29) is 11.4 Å². The standard InChI is InChI=1S/C25H26N4O3S/c1-16(2)14-22-28-29-23(26)20(24(30)27-25(29)33-22)15-18-8-10-19(11-9-18)31-12-13-32-21-7-5-4-6-17(21)3/h4-11,15-16,26H,12-14H2,1-3H3. The third kappa shape index (κ3) is 5.51. The van der Waals surface area contributed by atoms with Gasteiger partial charge in [0.25, 0.3) is 5.91 Å². The number of hydrogen-bond donors (Lipinski definition) is 1. The van der Waals surface area contributed by atoms with Gasteiger partial charge in [0, 0.05) is 6.42 Å². The molecule has 0 aromatic heterocycles. The van der Waals surface area contributed by atoms with Crippen LogP contribution >= 0.6 is 11.8 Å². The molecule has 2 aliphatic heterocycles. The molecule has 2 heterocycles. The van der Waals surface area contributed by atoms with Crippen LogP contribution in [0.5, 0.6) is 11.5 Å². The Balaban J connectivity index is 1.36. The number of aliphatic imine (C=N–C) groups is 1. The van der Waals surface area contributed by atoms with Crippen molar-refractivity contribution >= 4 is 39.8 Å². The van der Waals surface area contributed by atoms with Crippen molar-refractivity contribution in [2.75, 3.05) is 13.2 Å². The molecule has 0 radical (unpaired) electrons. The molecule has 0 atom stereocenters. The van der Waals surface area contributed by atoms with Crippen LogP contribution in [-0.4, -0.2) is 40.2 Å². The van der Waals surface area contributed by atoms with E-state index in [4.69, 9.17) is 14.9 Å². The van der Waals surface area contributed by atoms with E-state index in [9.17, 15) is 4.79 Å². The van der Waals surface area contributed by atoms with Crippen LogP contribution in [0.15, 0.2) is 64.2 Å². The van der Waals surface area contributed by atoms with Gasteiger partial charge in [-0.2, -0.15) is 15.1 Å². The molecule has 2 aromatic carbocycles. The van der Waals surface area contributed by atoms with Crippen molar-refractivity contribution in [2.24, 2.45) is 16.0 Å². The number of hydrogen-bond acceptors (Lipinski definition) is 6. The molecule has 0 bridgehead atoms. The number of carbonyl (C=O) groups is 1. The molecular weight excluding hydrogens is 436 g/mol. The van der Waals surface area contributed by atoms with Crippen LogP contribution in [0.3, 0.4) is 0 Å². The molecular formula is C25H26N4O3S. The number of nitrogens with one attached hydrogen (secondary N) is 1. The van der Waals surface area contributed by atoms with E-state index in [1.165, 1.54) is 16.8 Å². The number of ether oxygens (including phenoxy) is 2. The number of aryl methyl sites for hydroxylation is 1. The first-order valence-electron chi connectivity index (χ1n) is 10.8. The third-order valence-corrected chi connectivity index (χ3v) is 5.90. The average Bonchev–Trinajstić information content (AvgIpc) is 3.18. The fourth-order valence-electron chi connectivity index (χ4n) is 3.32. The van der Waals surface area contributed by atoms with Crippen LogP contribution in [-0.2, 0) is 4.79 Å². The lowest BCUT2D eigenvalue weighted by atomic mass is 10.1. The zero-order valence-electron chi connectivity index (χ0n) is 18.9. The summed E-state index contributed by atoms with van der Waals surface area (Å²) in [5.74, 6) is 1.62. The number of benzene rings is 2. The third-order valence-electron chi connectivity index (χ3n) is 4.97. The fourth-order valence-corrected chi connectivity index (χ4v) is 4.42. The lowest BCUT2D eigenvalue weighted by Crippen LogP contribution is -2.35. The summed E-state index contributed by atoms with van der Waals surface area (Å²) < 4.78 is 11.5. The van der Waals surface area contributed by atoms with Gasteiger partial charge < -0.3 is 9.47 Å². The van der Waals surface area contributed by atoms with Crippen LogP contribution in [0.1, 0.15) is 31.4 Å². The fraction of sp³-hybridized carbons (Fsp3) is 0.280. The zero-order chi connectivity index (χ0) is 23.4. The second-order valence-electron chi connectivity index (χ2n) is 8.14. The Morgan fingerprint density at radius 1 is 1.09 bits per heavy atom. The molecule has 0 unspecified atom stereocenters. The van der Waals surface area contributed by atoms with E-state index >= 15 is 0 Å². The normalized spacial score (nSPS) is 16.7. The highest BCUT2D eigenvalue weighted by Crippen LogP contribution is 2.30. The summed E-state index contributed by atoms with van der Waals surface area (Å²) in [4.78, 5) is 16.7. The number of carbonyl (C=O) groups excluding carboxylic acids is 1. The van der Waals surface area contributed by atoms with Gasteiger partial charge in [-0.3, -0.25) is 10.2 Å². The summed E-state index contributed by atoms with van der Waals surface area (Å²) in [6.07, 6.45) is 2.45. The summed E-state index contributed by atoms with van der Waals surface area (Å²) in [5, 5.41) is 15.7. The molecule has 0 saturated heterocycles. The lowest BCUT2D eigenvalue weighted by Gasteiger charge is -2.20. The first-order chi connectivity index (χ1) is 15.9. The minimum Gasteiger partial charge on any atom is -0.490 e. The quantitative estimate of drug-likeness (QED) is 0.435. The topological polar surface area (TPSA) is 87.3 Å². The number of nitrogens with zero attached hydrogens (tertiary/aromatic N) is 3. The second-order valence-corrected chi connectivity index (χ2v) is 9.18. The molecule has 0 fully saturated rings. The number of thioether (sulfide) groups is 1. The molecule has 0 saturated carbocycles. The van der Waals surface area contributed by atoms with E-state index in [1.807, 2.05) is 55.5 Å². The number of para-hydroxylation sites is 1. The Morgan fingerprint density at radius 2 is 1.82 bits per heavy atom. The van der Waals surface area contributed by atoms with Gasteiger partial charge in [-0.05, 0) is 60.0 Å². The van der Waals surface area contributed by atoms with Crippen LogP contribution in [0, 0.1) is 18.3 Å². The first-order valence-corrected chi connectivity index (χ1v) is 11.6. The lowest BCUT2D eigenvalue weighted by molar-refractivity contribution is -0.114. The Morgan fingerprint density at radius 3 is 2.55 bits per heavy atom. The van der Waals surface area contributed by atoms with Crippen LogP contribution < -0.4 is 9.47 Å². The number of amidine groups is 2. The van der Waals surface area contributed by atoms with Crippen molar-refractivity contribution < 1.29 is 14.3 Å². The molecule has 0 spiro atoms. The molecule has 8 heteroatoms. The molecule has 2 aliphatic rings. The van der Waals surface area contributed by atoms with Crippen molar-refractivity contribution in [1.29, 1.82) is 5.41 Å². The summed E-state index contributed by atoms with van der Waals surface area (Å²) in [6, 6.07) is 15.2. The van der Waals surface area contributed by atoms with E-state index in [1.54, 1.807) is 6.08 Å². The predicted molar refractivity (Wildman–Crippen MR) is 133 cm³/mol. The maximum absolute atomic E-state index is 12.5. The first kappa shape index (κ1) is 22.8. The number of fused-ring (bicyclic) bond motifs is 1. The van der Waals surface area contributed by atoms with Gasteiger partial charge >= 0.3 is 0 Å². The Kier molecular flexibility index (Phi) is 6.93. The Labute approximate surface area is 197 Å². The highest BCUT2D eigenvalue weighted by molar-refractivity contribution is 8.26. The second kappa shape index (κ2) is 10.0. The van der Waals surface area contributed by atoms with Crippen molar-refractivity contribution in [2.45, 2.75) is 27.2 Å². The van der Waals surface area contributed by atoms with Gasteiger partial charge in [0.2, 0.25) is 5.17 Å². The molecule has 33 heavy (non-hydrogen) atoms. The summed E-state index contributed by atoms with van der Waals surface area (Å²) in [6.45, 7) is 7.07. The minimum atomic E-state index is -0.423. The van der Waals surface area contributed by atoms with Crippen molar-refractivity contribution in [3.63, 3.8) is 0 Å². The van der Waals surface area contributed by atoms with E-state index in [0.29, 0.717) is 30.0 Å². The molecule has 2 aromatic rings. The average molecular weight is 463 g/mol. The molecule has 170 valence electrons. The molecule has 1 N–H and O–H groups in total. The number of hydrazone groups is 1. The van der Waals surface area contributed by atoms with E-state index < -0.39 is 5.91 Å². The largest absolute Gasteiger partial charge is 0.490 e. The highest BCUT2D eigenvalue weighted by Gasteiger charge is 2.35. The van der Waals surface area contributed by atoms with Crippen molar-refractivity contribution in [3.8, 4) is 11.5 Å². The van der Waals surface area contributed by atoms with Gasteiger partial charge in [0.15, 0.2) is 5.84 Å². The van der Waals surface area contributed by atoms with Gasteiger partial charge in [0.1, 0.15) is 29.8 Å². The molecule has 0 aliphatic carbocycles. The summed E-state index contributed by atoms with van der Waals surface area (Å²) in [7, 11) is 0.